The fourth-order valence-corrected chi connectivity index (χ4v) is 2.47. The van der Waals surface area contributed by atoms with E-state index < -0.39 is 80.7 Å². The van der Waals surface area contributed by atoms with Crippen LogP contribution in [0.15, 0.2) is 0 Å². The molecule has 0 aromatic rings. The van der Waals surface area contributed by atoms with Gasteiger partial charge < -0.3 is 54.8 Å². The molecule has 1 aliphatic rings. The van der Waals surface area contributed by atoms with Gasteiger partial charge >= 0.3 is 5.97 Å². The fourth-order valence-electron chi connectivity index (χ4n) is 2.47. The monoisotopic (exact) mass is 398 g/mol. The van der Waals surface area contributed by atoms with Gasteiger partial charge in [-0.3, -0.25) is 4.79 Å². The highest BCUT2D eigenvalue weighted by atomic mass is 16.7. The maximum Gasteiger partial charge on any atom is 0.306 e. The van der Waals surface area contributed by atoms with E-state index in [2.05, 4.69) is 0 Å². The maximum atomic E-state index is 10.9. The first-order valence-corrected chi connectivity index (χ1v) is 8.23. The molecule has 1 aliphatic heterocycles. The summed E-state index contributed by atoms with van der Waals surface area (Å²) in [5, 5.41) is 66.9. The zero-order valence-electron chi connectivity index (χ0n) is 14.6. The smallest absolute Gasteiger partial charge is 0.306 e. The first kappa shape index (κ1) is 23.8. The molecule has 0 aliphatic carbocycles. The molecule has 1 saturated heterocycles. The van der Waals surface area contributed by atoms with Gasteiger partial charge in [-0.15, -0.1) is 0 Å². The molecular weight excluding hydrogens is 372 g/mol. The molecule has 1 rings (SSSR count). The van der Waals surface area contributed by atoms with Crippen LogP contribution in [0.25, 0.3) is 0 Å². The predicted octanol–water partition coefficient (Wildman–Crippen LogP) is -3.82. The maximum absolute atomic E-state index is 10.9. The molecule has 12 heteroatoms. The number of rotatable bonds is 11. The highest BCUT2D eigenvalue weighted by Gasteiger charge is 2.46. The molecule has 5 unspecified atom stereocenters. The van der Waals surface area contributed by atoms with Gasteiger partial charge in [-0.1, -0.05) is 6.92 Å². The number of hydrogen-bond donors (Lipinski definition) is 7. The van der Waals surface area contributed by atoms with Gasteiger partial charge in [-0.2, -0.15) is 0 Å². The minimum absolute atomic E-state index is 0.469. The highest BCUT2D eigenvalue weighted by molar-refractivity contribution is 5.67. The van der Waals surface area contributed by atoms with Crippen molar-refractivity contribution < 1.29 is 59.5 Å². The Hall–Kier alpha value is -1.22. The Morgan fingerprint density at radius 2 is 1.85 bits per heavy atom. The van der Waals surface area contributed by atoms with Gasteiger partial charge in [0.15, 0.2) is 12.6 Å². The Morgan fingerprint density at radius 3 is 2.33 bits per heavy atom. The van der Waals surface area contributed by atoms with Gasteiger partial charge in [-0.25, -0.2) is 0 Å². The Balaban J connectivity index is 3.02. The molecule has 1 heterocycles. The molecule has 9 atom stereocenters. The molecule has 0 radical (unpaired) electrons. The minimum Gasteiger partial charge on any atom is -0.481 e. The average Bonchev–Trinajstić information content (AvgIpc) is 2.63. The van der Waals surface area contributed by atoms with Gasteiger partial charge in [0.25, 0.3) is 0 Å². The van der Waals surface area contributed by atoms with Crippen LogP contribution in [-0.2, 0) is 23.8 Å². The van der Waals surface area contributed by atoms with Crippen LogP contribution in [0.1, 0.15) is 13.3 Å². The zero-order chi connectivity index (χ0) is 20.7. The van der Waals surface area contributed by atoms with Gasteiger partial charge in [-0.05, 0) is 0 Å². The lowest BCUT2D eigenvalue weighted by molar-refractivity contribution is -0.332. The number of carbonyl (C=O) groups excluding carboxylic acids is 1. The summed E-state index contributed by atoms with van der Waals surface area (Å²) >= 11 is 0. The lowest BCUT2D eigenvalue weighted by Crippen LogP contribution is -2.61. The van der Waals surface area contributed by atoms with E-state index in [-0.39, 0.29) is 0 Å². The summed E-state index contributed by atoms with van der Waals surface area (Å²) in [6, 6.07) is 0. The summed E-state index contributed by atoms with van der Waals surface area (Å²) in [6.45, 7) is -0.000797. The van der Waals surface area contributed by atoms with Crippen molar-refractivity contribution >= 4 is 12.3 Å². The summed E-state index contributed by atoms with van der Waals surface area (Å²) in [4.78, 5) is 21.8. The van der Waals surface area contributed by atoms with Crippen molar-refractivity contribution in [3.05, 3.63) is 0 Å². The number of carbonyl (C=O) groups is 2. The number of aldehydes is 1. The molecular formula is C15H26O12. The molecule has 1 fully saturated rings. The Bertz CT molecular complexity index is 472. The van der Waals surface area contributed by atoms with E-state index in [9.17, 15) is 40.2 Å². The normalized spacial score (nSPS) is 33.1. The predicted molar refractivity (Wildman–Crippen MR) is 84.1 cm³/mol. The highest BCUT2D eigenvalue weighted by Crippen LogP contribution is 2.25. The van der Waals surface area contributed by atoms with Crippen molar-refractivity contribution in [3.63, 3.8) is 0 Å². The molecule has 0 bridgehead atoms. The van der Waals surface area contributed by atoms with Crippen LogP contribution in [-0.4, -0.2) is 110 Å². The number of aliphatic hydroxyl groups is 6. The third-order valence-electron chi connectivity index (χ3n) is 4.12. The second-order valence-corrected chi connectivity index (χ2v) is 6.22. The van der Waals surface area contributed by atoms with Gasteiger partial charge in [0.1, 0.15) is 36.8 Å². The van der Waals surface area contributed by atoms with Gasteiger partial charge in [0, 0.05) is 5.92 Å². The number of hydrogen-bond acceptors (Lipinski definition) is 11. The van der Waals surface area contributed by atoms with Gasteiger partial charge in [0.05, 0.1) is 25.7 Å². The third kappa shape index (κ3) is 6.41. The van der Waals surface area contributed by atoms with Crippen molar-refractivity contribution in [1.82, 2.24) is 0 Å². The number of aliphatic carboxylic acids is 1. The molecule has 0 spiro atoms. The van der Waals surface area contributed by atoms with Crippen molar-refractivity contribution in [3.8, 4) is 0 Å². The summed E-state index contributed by atoms with van der Waals surface area (Å²) < 4.78 is 15.6. The second kappa shape index (κ2) is 10.9. The first-order valence-electron chi connectivity index (χ1n) is 8.23. The summed E-state index contributed by atoms with van der Waals surface area (Å²) in [5.74, 6) is -2.25. The molecule has 0 aromatic carbocycles. The van der Waals surface area contributed by atoms with E-state index in [0.29, 0.717) is 6.29 Å². The van der Waals surface area contributed by atoms with Crippen LogP contribution in [0, 0.1) is 5.92 Å². The van der Waals surface area contributed by atoms with E-state index in [0.717, 1.165) is 0 Å². The largest absolute Gasteiger partial charge is 0.481 e. The molecule has 27 heavy (non-hydrogen) atoms. The van der Waals surface area contributed by atoms with Crippen LogP contribution >= 0.6 is 0 Å². The van der Waals surface area contributed by atoms with Crippen molar-refractivity contribution in [2.45, 2.75) is 62.5 Å². The first-order chi connectivity index (χ1) is 12.7. The SMILES string of the molecule is C[C@@H](C=O)C(CO)OC(O[C@H]1C(O)C(O)[C@H](O)O[C@H]1CO)C(O)CC(=O)O. The van der Waals surface area contributed by atoms with Crippen LogP contribution < -0.4 is 0 Å². The zero-order valence-corrected chi connectivity index (χ0v) is 14.6. The summed E-state index contributed by atoms with van der Waals surface area (Å²) in [6.07, 6.45) is -13.3. The molecule has 0 amide bonds. The molecule has 0 aromatic heterocycles. The number of carboxylic acids is 1. The average molecular weight is 398 g/mol. The summed E-state index contributed by atoms with van der Waals surface area (Å²) in [7, 11) is 0. The standard InChI is InChI=1S/C15H26O12/c1-6(3-16)8(4-17)26-15(7(19)2-10(20)21)27-13-9(5-18)25-14(24)12(23)11(13)22/h3,6-9,11-15,17-19,22-24H,2,4-5H2,1H3,(H,20,21)/t6-,7?,8?,9-,11?,12?,13+,14+,15?/m0/s1. The molecule has 7 N–H and O–H groups in total. The number of aliphatic hydroxyl groups excluding tert-OH is 6. The Morgan fingerprint density at radius 1 is 1.22 bits per heavy atom. The summed E-state index contributed by atoms with van der Waals surface area (Å²) in [5.41, 5.74) is 0. The van der Waals surface area contributed by atoms with E-state index in [1.54, 1.807) is 0 Å². The molecule has 158 valence electrons. The van der Waals surface area contributed by atoms with Crippen LogP contribution in [0.5, 0.6) is 0 Å². The van der Waals surface area contributed by atoms with Gasteiger partial charge in [0.2, 0.25) is 0 Å². The minimum atomic E-state index is -1.81. The molecule has 0 saturated carbocycles. The molecule has 12 nitrogen and oxygen atoms in total. The Labute approximate surface area is 154 Å². The van der Waals surface area contributed by atoms with E-state index in [4.69, 9.17) is 19.3 Å². The van der Waals surface area contributed by atoms with Crippen molar-refractivity contribution in [2.24, 2.45) is 5.92 Å². The van der Waals surface area contributed by atoms with Crippen LogP contribution in [0.4, 0.5) is 0 Å². The second-order valence-electron chi connectivity index (χ2n) is 6.22. The quantitative estimate of drug-likeness (QED) is 0.132. The Kier molecular flexibility index (Phi) is 9.66. The van der Waals surface area contributed by atoms with Crippen LogP contribution in [0.3, 0.4) is 0 Å². The topological polar surface area (TPSA) is 203 Å². The van der Waals surface area contributed by atoms with Crippen molar-refractivity contribution in [1.29, 1.82) is 0 Å². The number of carboxylic acid groups (broad SMARTS) is 1. The fraction of sp³-hybridized carbons (Fsp3) is 0.867. The van der Waals surface area contributed by atoms with Crippen molar-refractivity contribution in [2.75, 3.05) is 13.2 Å². The number of ether oxygens (including phenoxy) is 3. The van der Waals surface area contributed by atoms with E-state index in [1.807, 2.05) is 0 Å². The van der Waals surface area contributed by atoms with E-state index >= 15 is 0 Å². The third-order valence-corrected chi connectivity index (χ3v) is 4.12. The van der Waals surface area contributed by atoms with Crippen LogP contribution in [0.2, 0.25) is 0 Å². The van der Waals surface area contributed by atoms with E-state index in [1.165, 1.54) is 6.92 Å². The lowest BCUT2D eigenvalue weighted by atomic mass is 9.99. The lowest BCUT2D eigenvalue weighted by Gasteiger charge is -2.42.